The van der Waals surface area contributed by atoms with E-state index in [2.05, 4.69) is 5.16 Å². The number of aryl methyl sites for hydroxylation is 2. The molecule has 0 aliphatic carbocycles. The lowest BCUT2D eigenvalue weighted by Crippen LogP contribution is -2.15. The summed E-state index contributed by atoms with van der Waals surface area (Å²) in [5.74, 6) is -0.120. The molecule has 1 aromatic carbocycles. The molecule has 3 rings (SSSR count). The number of ether oxygens (including phenoxy) is 3. The van der Waals surface area contributed by atoms with Crippen LogP contribution in [-0.2, 0) is 22.7 Å². The van der Waals surface area contributed by atoms with Crippen molar-refractivity contribution in [1.82, 2.24) is 5.16 Å². The molecule has 0 saturated carbocycles. The van der Waals surface area contributed by atoms with Gasteiger partial charge in [0.25, 0.3) is 0 Å². The van der Waals surface area contributed by atoms with E-state index in [1.165, 1.54) is 12.1 Å². The smallest absolute Gasteiger partial charge is 0.344 e. The average Bonchev–Trinajstić information content (AvgIpc) is 2.83. The van der Waals surface area contributed by atoms with Gasteiger partial charge in [0.2, 0.25) is 0 Å². The van der Waals surface area contributed by atoms with E-state index in [-0.39, 0.29) is 25.6 Å². The number of carbonyl (C=O) groups is 1. The number of benzene rings is 1. The Morgan fingerprint density at radius 3 is 2.95 bits per heavy atom. The van der Waals surface area contributed by atoms with Crippen LogP contribution in [0.5, 0.6) is 5.75 Å². The number of hydrogen-bond donors (Lipinski definition) is 0. The maximum Gasteiger partial charge on any atom is 0.344 e. The van der Waals surface area contributed by atoms with Crippen LogP contribution in [0.1, 0.15) is 32.9 Å². The molecular weight excluding hydrogens is 293 g/mol. The number of aromatic nitrogens is 1. The van der Waals surface area contributed by atoms with Crippen LogP contribution in [-0.4, -0.2) is 17.9 Å². The highest BCUT2D eigenvalue weighted by molar-refractivity contribution is 5.91. The van der Waals surface area contributed by atoms with Crippen LogP contribution in [0.15, 0.2) is 16.7 Å². The molecule has 1 aliphatic rings. The second-order valence-electron chi connectivity index (χ2n) is 4.94. The molecule has 2 aromatic rings. The Kier molecular flexibility index (Phi) is 3.81. The first-order valence-corrected chi connectivity index (χ1v) is 6.68. The van der Waals surface area contributed by atoms with E-state index >= 15 is 0 Å². The molecule has 1 aliphatic heterocycles. The van der Waals surface area contributed by atoms with Gasteiger partial charge in [-0.05, 0) is 26.0 Å². The number of rotatable bonds is 3. The molecule has 0 radical (unpaired) electrons. The Morgan fingerprint density at radius 1 is 1.41 bits per heavy atom. The minimum absolute atomic E-state index is 0.0868. The highest BCUT2D eigenvalue weighted by Crippen LogP contribution is 2.30. The maximum absolute atomic E-state index is 13.6. The molecule has 0 fully saturated rings. The molecule has 6 nitrogen and oxygen atoms in total. The first kappa shape index (κ1) is 14.5. The Labute approximate surface area is 125 Å². The van der Waals surface area contributed by atoms with Crippen molar-refractivity contribution in [3.05, 3.63) is 46.1 Å². The predicted molar refractivity (Wildman–Crippen MR) is 71.8 cm³/mol. The number of hydrogen-bond acceptors (Lipinski definition) is 6. The second-order valence-corrected chi connectivity index (χ2v) is 4.94. The Bertz CT molecular complexity index is 705. The van der Waals surface area contributed by atoms with Gasteiger partial charge in [0.05, 0.1) is 12.3 Å². The fourth-order valence-corrected chi connectivity index (χ4v) is 2.35. The molecule has 7 heteroatoms. The van der Waals surface area contributed by atoms with E-state index in [9.17, 15) is 9.18 Å². The predicted octanol–water partition coefficient (Wildman–Crippen LogP) is 2.65. The standard InChI is InChI=1S/C15H14FNO5/c1-8-13(9(2)22-17-8)15(18)20-6-11-4-12(16)3-10-5-19-7-21-14(10)11/h3-4H,5-7H2,1-2H3. The number of fused-ring (bicyclic) bond motifs is 1. The average molecular weight is 307 g/mol. The van der Waals surface area contributed by atoms with Gasteiger partial charge in [-0.25, -0.2) is 9.18 Å². The van der Waals surface area contributed by atoms with Gasteiger partial charge < -0.3 is 18.7 Å². The zero-order valence-electron chi connectivity index (χ0n) is 12.1. The summed E-state index contributed by atoms with van der Waals surface area (Å²) in [6.45, 7) is 3.52. The normalized spacial score (nSPS) is 13.4. The minimum atomic E-state index is -0.568. The molecule has 0 amide bonds. The van der Waals surface area contributed by atoms with E-state index in [1.807, 2.05) is 0 Å². The lowest BCUT2D eigenvalue weighted by molar-refractivity contribution is -0.0183. The SMILES string of the molecule is Cc1noc(C)c1C(=O)OCc1cc(F)cc2c1OCOC2. The molecule has 1 aromatic heterocycles. The summed E-state index contributed by atoms with van der Waals surface area (Å²) >= 11 is 0. The monoisotopic (exact) mass is 307 g/mol. The van der Waals surface area contributed by atoms with Crippen LogP contribution in [0.2, 0.25) is 0 Å². The van der Waals surface area contributed by atoms with Crippen molar-refractivity contribution < 1.29 is 27.9 Å². The molecule has 0 saturated heterocycles. The molecule has 116 valence electrons. The largest absolute Gasteiger partial charge is 0.467 e. The summed E-state index contributed by atoms with van der Waals surface area (Å²) in [5.41, 5.74) is 1.79. The van der Waals surface area contributed by atoms with Gasteiger partial charge in [-0.3, -0.25) is 0 Å². The van der Waals surface area contributed by atoms with E-state index in [0.717, 1.165) is 0 Å². The Balaban J connectivity index is 1.80. The maximum atomic E-state index is 13.6. The van der Waals surface area contributed by atoms with Crippen molar-refractivity contribution in [2.75, 3.05) is 6.79 Å². The topological polar surface area (TPSA) is 70.8 Å². The highest BCUT2D eigenvalue weighted by atomic mass is 19.1. The van der Waals surface area contributed by atoms with Crippen molar-refractivity contribution in [2.24, 2.45) is 0 Å². The molecule has 0 atom stereocenters. The van der Waals surface area contributed by atoms with Crippen LogP contribution in [0.4, 0.5) is 4.39 Å². The van der Waals surface area contributed by atoms with E-state index in [0.29, 0.717) is 28.3 Å². The zero-order valence-corrected chi connectivity index (χ0v) is 12.1. The Hall–Kier alpha value is -2.41. The van der Waals surface area contributed by atoms with Crippen LogP contribution < -0.4 is 4.74 Å². The van der Waals surface area contributed by atoms with Crippen molar-refractivity contribution in [1.29, 1.82) is 0 Å². The van der Waals surface area contributed by atoms with Crippen molar-refractivity contribution >= 4 is 5.97 Å². The summed E-state index contributed by atoms with van der Waals surface area (Å²) in [6, 6.07) is 2.62. The molecule has 0 unspecified atom stereocenters. The fourth-order valence-electron chi connectivity index (χ4n) is 2.35. The van der Waals surface area contributed by atoms with Gasteiger partial charge in [-0.2, -0.15) is 0 Å². The van der Waals surface area contributed by atoms with Crippen molar-refractivity contribution in [3.63, 3.8) is 0 Å². The second kappa shape index (κ2) is 5.76. The number of nitrogens with zero attached hydrogens (tertiary/aromatic N) is 1. The highest BCUT2D eigenvalue weighted by Gasteiger charge is 2.21. The van der Waals surface area contributed by atoms with Gasteiger partial charge >= 0.3 is 5.97 Å². The molecular formula is C15H14FNO5. The minimum Gasteiger partial charge on any atom is -0.467 e. The van der Waals surface area contributed by atoms with Crippen molar-refractivity contribution in [2.45, 2.75) is 27.1 Å². The van der Waals surface area contributed by atoms with Gasteiger partial charge in [0.15, 0.2) is 6.79 Å². The van der Waals surface area contributed by atoms with Crippen LogP contribution >= 0.6 is 0 Å². The van der Waals surface area contributed by atoms with E-state index < -0.39 is 11.8 Å². The molecule has 22 heavy (non-hydrogen) atoms. The number of esters is 1. The number of carbonyl (C=O) groups excluding carboxylic acids is 1. The third kappa shape index (κ3) is 2.67. The fraction of sp³-hybridized carbons (Fsp3) is 0.333. The van der Waals surface area contributed by atoms with Gasteiger partial charge in [0.1, 0.15) is 29.5 Å². The summed E-state index contributed by atoms with van der Waals surface area (Å²) < 4.78 is 34.2. The molecule has 0 spiro atoms. The third-order valence-electron chi connectivity index (χ3n) is 3.35. The van der Waals surface area contributed by atoms with E-state index in [4.69, 9.17) is 18.7 Å². The number of halogens is 1. The Morgan fingerprint density at radius 2 is 2.23 bits per heavy atom. The summed E-state index contributed by atoms with van der Waals surface area (Å²) in [4.78, 5) is 12.1. The zero-order chi connectivity index (χ0) is 15.7. The molecule has 0 N–H and O–H groups in total. The molecule has 2 heterocycles. The van der Waals surface area contributed by atoms with Gasteiger partial charge in [-0.1, -0.05) is 5.16 Å². The first-order valence-electron chi connectivity index (χ1n) is 6.68. The van der Waals surface area contributed by atoms with Crippen LogP contribution in [0.3, 0.4) is 0 Å². The van der Waals surface area contributed by atoms with Crippen LogP contribution in [0.25, 0.3) is 0 Å². The summed E-state index contributed by atoms with van der Waals surface area (Å²) in [5, 5.41) is 3.70. The molecule has 0 bridgehead atoms. The quantitative estimate of drug-likeness (QED) is 0.812. The lowest BCUT2D eigenvalue weighted by Gasteiger charge is -2.20. The van der Waals surface area contributed by atoms with Gasteiger partial charge in [0, 0.05) is 11.1 Å². The van der Waals surface area contributed by atoms with Crippen molar-refractivity contribution in [3.8, 4) is 5.75 Å². The third-order valence-corrected chi connectivity index (χ3v) is 3.35. The first-order chi connectivity index (χ1) is 10.6. The van der Waals surface area contributed by atoms with Gasteiger partial charge in [-0.15, -0.1) is 0 Å². The summed E-state index contributed by atoms with van der Waals surface area (Å²) in [7, 11) is 0. The van der Waals surface area contributed by atoms with E-state index in [1.54, 1.807) is 13.8 Å². The summed E-state index contributed by atoms with van der Waals surface area (Å²) in [6.07, 6.45) is 0. The van der Waals surface area contributed by atoms with Crippen LogP contribution in [0, 0.1) is 19.7 Å². The lowest BCUT2D eigenvalue weighted by atomic mass is 10.1.